The van der Waals surface area contributed by atoms with Crippen LogP contribution < -0.4 is 0 Å². The van der Waals surface area contributed by atoms with Gasteiger partial charge in [0.15, 0.2) is 0 Å². The van der Waals surface area contributed by atoms with E-state index in [2.05, 4.69) is 0 Å². The van der Waals surface area contributed by atoms with Gasteiger partial charge in [0, 0.05) is 21.2 Å². The molecule has 4 nitrogen and oxygen atoms in total. The summed E-state index contributed by atoms with van der Waals surface area (Å²) in [5.41, 5.74) is -0.292. The Morgan fingerprint density at radius 2 is 1.85 bits per heavy atom. The zero-order chi connectivity index (χ0) is 20.1. The molecule has 0 heterocycles. The second kappa shape index (κ2) is 9.34. The van der Waals surface area contributed by atoms with Crippen LogP contribution in [0, 0.1) is 5.82 Å². The van der Waals surface area contributed by atoms with E-state index in [0.29, 0.717) is 34.0 Å². The number of ether oxygens (including phenoxy) is 1. The predicted molar refractivity (Wildman–Crippen MR) is 105 cm³/mol. The average molecular weight is 435 g/mol. The third kappa shape index (κ3) is 6.16. The third-order valence-corrected chi connectivity index (χ3v) is 5.14. The first-order valence-corrected chi connectivity index (χ1v) is 10.9. The Bertz CT molecular complexity index is 889. The Labute approximate surface area is 169 Å². The fraction of sp³-hybridized carbons (Fsp3) is 0.368. The Morgan fingerprint density at radius 3 is 2.44 bits per heavy atom. The van der Waals surface area contributed by atoms with E-state index in [1.54, 1.807) is 36.4 Å². The highest BCUT2D eigenvalue weighted by Crippen LogP contribution is 2.38. The fourth-order valence-electron chi connectivity index (χ4n) is 2.77. The van der Waals surface area contributed by atoms with Crippen molar-refractivity contribution in [3.05, 3.63) is 69.5 Å². The molecule has 0 spiro atoms. The molecular formula is C19H21Cl2FO4S. The second-order valence-electron chi connectivity index (χ2n) is 6.21. The smallest absolute Gasteiger partial charge is 0.264 e. The first-order chi connectivity index (χ1) is 12.7. The minimum absolute atomic E-state index is 0.0707. The van der Waals surface area contributed by atoms with Crippen molar-refractivity contribution in [2.45, 2.75) is 32.0 Å². The van der Waals surface area contributed by atoms with Gasteiger partial charge < -0.3 is 4.74 Å². The first-order valence-electron chi connectivity index (χ1n) is 8.34. The van der Waals surface area contributed by atoms with Crippen LogP contribution in [-0.2, 0) is 31.2 Å². The monoisotopic (exact) mass is 434 g/mol. The van der Waals surface area contributed by atoms with Crippen LogP contribution in [0.1, 0.15) is 30.9 Å². The Morgan fingerprint density at radius 1 is 1.15 bits per heavy atom. The van der Waals surface area contributed by atoms with Crippen molar-refractivity contribution in [2.24, 2.45) is 0 Å². The molecule has 0 aliphatic carbocycles. The summed E-state index contributed by atoms with van der Waals surface area (Å²) in [6, 6.07) is 11.1. The Balaban J connectivity index is 2.44. The molecule has 27 heavy (non-hydrogen) atoms. The lowest BCUT2D eigenvalue weighted by Crippen LogP contribution is -2.36. The van der Waals surface area contributed by atoms with Gasteiger partial charge in [-0.15, -0.1) is 0 Å². The number of hydrogen-bond donors (Lipinski definition) is 0. The molecule has 1 atom stereocenters. The molecule has 8 heteroatoms. The summed E-state index contributed by atoms with van der Waals surface area (Å²) in [5, 5.41) is 0.758. The van der Waals surface area contributed by atoms with Crippen LogP contribution in [0.2, 0.25) is 10.0 Å². The highest BCUT2D eigenvalue weighted by atomic mass is 35.5. The molecule has 0 aliphatic heterocycles. The number of rotatable bonds is 9. The van der Waals surface area contributed by atoms with Crippen molar-refractivity contribution in [2.75, 3.05) is 12.9 Å². The van der Waals surface area contributed by atoms with Crippen molar-refractivity contribution in [1.29, 1.82) is 0 Å². The van der Waals surface area contributed by atoms with Crippen molar-refractivity contribution < 1.29 is 21.7 Å². The van der Waals surface area contributed by atoms with Crippen LogP contribution in [0.4, 0.5) is 4.39 Å². The van der Waals surface area contributed by atoms with Crippen LogP contribution in [0.15, 0.2) is 42.5 Å². The summed E-state index contributed by atoms with van der Waals surface area (Å²) in [5.74, 6) is -0.408. The average Bonchev–Trinajstić information content (AvgIpc) is 2.58. The van der Waals surface area contributed by atoms with E-state index in [4.69, 9.17) is 32.1 Å². The minimum Gasteiger partial charge on any atom is -0.363 e. The van der Waals surface area contributed by atoms with Gasteiger partial charge in [0.05, 0.1) is 19.5 Å². The number of hydrogen-bond acceptors (Lipinski definition) is 4. The lowest BCUT2D eigenvalue weighted by molar-refractivity contribution is -0.0943. The Kier molecular flexibility index (Phi) is 7.65. The number of benzene rings is 2. The summed E-state index contributed by atoms with van der Waals surface area (Å²) < 4.78 is 48.3. The molecule has 0 N–H and O–H groups in total. The molecule has 0 fully saturated rings. The van der Waals surface area contributed by atoms with Gasteiger partial charge in [-0.3, -0.25) is 4.18 Å². The Hall–Kier alpha value is -1.18. The highest BCUT2D eigenvalue weighted by Gasteiger charge is 2.36. The third-order valence-electron chi connectivity index (χ3n) is 4.04. The van der Waals surface area contributed by atoms with Crippen molar-refractivity contribution in [3.63, 3.8) is 0 Å². The maximum Gasteiger partial charge on any atom is 0.264 e. The molecule has 0 radical (unpaired) electrons. The molecular weight excluding hydrogens is 414 g/mol. The molecule has 2 rings (SSSR count). The SMILES string of the molecule is CCCC(COS(C)(=O)=O)(OCc1ccccc1F)c1ccc(Cl)cc1Cl. The van der Waals surface area contributed by atoms with Crippen molar-refractivity contribution >= 4 is 33.3 Å². The zero-order valence-corrected chi connectivity index (χ0v) is 17.4. The molecule has 0 amide bonds. The molecule has 0 saturated heterocycles. The molecule has 0 saturated carbocycles. The molecule has 0 bridgehead atoms. The van der Waals surface area contributed by atoms with Gasteiger partial charge in [-0.05, 0) is 24.6 Å². The van der Waals surface area contributed by atoms with E-state index in [-0.39, 0.29) is 13.2 Å². The van der Waals surface area contributed by atoms with Gasteiger partial charge in [-0.1, -0.05) is 60.8 Å². The van der Waals surface area contributed by atoms with Crippen LogP contribution >= 0.6 is 23.2 Å². The lowest BCUT2D eigenvalue weighted by Gasteiger charge is -2.34. The normalized spacial score (nSPS) is 14.1. The number of halogens is 3. The summed E-state index contributed by atoms with van der Waals surface area (Å²) >= 11 is 12.4. The van der Waals surface area contributed by atoms with E-state index in [9.17, 15) is 12.8 Å². The van der Waals surface area contributed by atoms with Crippen LogP contribution in [0.25, 0.3) is 0 Å². The fourth-order valence-corrected chi connectivity index (χ4v) is 3.76. The second-order valence-corrected chi connectivity index (χ2v) is 8.70. The largest absolute Gasteiger partial charge is 0.363 e. The quantitative estimate of drug-likeness (QED) is 0.501. The van der Waals surface area contributed by atoms with Gasteiger partial charge in [0.25, 0.3) is 10.1 Å². The first kappa shape index (κ1) is 22.1. The summed E-state index contributed by atoms with van der Waals surface area (Å²) in [7, 11) is -3.72. The van der Waals surface area contributed by atoms with Gasteiger partial charge >= 0.3 is 0 Å². The maximum absolute atomic E-state index is 14.0. The predicted octanol–water partition coefficient (Wildman–Crippen LogP) is 5.32. The van der Waals surface area contributed by atoms with E-state index < -0.39 is 21.5 Å². The topological polar surface area (TPSA) is 52.6 Å². The van der Waals surface area contributed by atoms with Crippen LogP contribution in [-0.4, -0.2) is 21.3 Å². The van der Waals surface area contributed by atoms with E-state index in [0.717, 1.165) is 6.26 Å². The molecule has 148 valence electrons. The van der Waals surface area contributed by atoms with Gasteiger partial charge in [-0.2, -0.15) is 8.42 Å². The summed E-state index contributed by atoms with van der Waals surface area (Å²) in [4.78, 5) is 0. The summed E-state index contributed by atoms with van der Waals surface area (Å²) in [6.45, 7) is 1.57. The van der Waals surface area contributed by atoms with Crippen molar-refractivity contribution in [1.82, 2.24) is 0 Å². The standard InChI is InChI=1S/C19H21Cl2FO4S/c1-3-10-19(13-26-27(2,23)24,16-9-8-15(20)11-17(16)21)25-12-14-6-4-5-7-18(14)22/h4-9,11H,3,10,12-13H2,1-2H3. The van der Waals surface area contributed by atoms with E-state index in [1.165, 1.54) is 6.07 Å². The highest BCUT2D eigenvalue weighted by molar-refractivity contribution is 7.85. The van der Waals surface area contributed by atoms with Gasteiger partial charge in [0.1, 0.15) is 11.4 Å². The van der Waals surface area contributed by atoms with Crippen LogP contribution in [0.5, 0.6) is 0 Å². The van der Waals surface area contributed by atoms with Crippen LogP contribution in [0.3, 0.4) is 0 Å². The molecule has 2 aromatic rings. The van der Waals surface area contributed by atoms with Gasteiger partial charge in [0.2, 0.25) is 0 Å². The van der Waals surface area contributed by atoms with E-state index in [1.807, 2.05) is 6.92 Å². The lowest BCUT2D eigenvalue weighted by atomic mass is 9.89. The summed E-state index contributed by atoms with van der Waals surface area (Å²) in [6.07, 6.45) is 2.03. The zero-order valence-electron chi connectivity index (χ0n) is 15.0. The van der Waals surface area contributed by atoms with Gasteiger partial charge in [-0.25, -0.2) is 4.39 Å². The molecule has 1 unspecified atom stereocenters. The van der Waals surface area contributed by atoms with Crippen molar-refractivity contribution in [3.8, 4) is 0 Å². The molecule has 0 aromatic heterocycles. The van der Waals surface area contributed by atoms with E-state index >= 15 is 0 Å². The molecule has 2 aromatic carbocycles. The maximum atomic E-state index is 14.0. The molecule has 0 aliphatic rings. The minimum atomic E-state index is -3.72.